The molecule has 2 aromatic heterocycles. The van der Waals surface area contributed by atoms with Crippen LogP contribution in [0.15, 0.2) is 28.0 Å². The summed E-state index contributed by atoms with van der Waals surface area (Å²) in [6.07, 6.45) is 0. The average molecular weight is 473 g/mol. The molecule has 0 saturated carbocycles. The van der Waals surface area contributed by atoms with Crippen LogP contribution in [0.4, 0.5) is 29.5 Å². The number of nitrogens with zero attached hydrogens (tertiary/aromatic N) is 6. The van der Waals surface area contributed by atoms with Crippen molar-refractivity contribution in [2.24, 2.45) is 5.73 Å². The number of aromatic nitrogens is 7. The fraction of sp³-hybridized carbons (Fsp3) is 0.167. The second-order valence-electron chi connectivity index (χ2n) is 5.37. The summed E-state index contributed by atoms with van der Waals surface area (Å²) in [5.74, 6) is 0.192. The van der Waals surface area contributed by atoms with Crippen molar-refractivity contribution in [3.05, 3.63) is 18.2 Å². The molecule has 0 aliphatic heterocycles. The molecular weight excluding hydrogens is 458 g/mol. The third kappa shape index (κ3) is 6.39. The van der Waals surface area contributed by atoms with Gasteiger partial charge in [0.1, 0.15) is 0 Å². The number of aromatic amines is 1. The Hall–Kier alpha value is -3.20. The van der Waals surface area contributed by atoms with Gasteiger partial charge in [0, 0.05) is 13.1 Å². The van der Waals surface area contributed by atoms with Gasteiger partial charge in [-0.2, -0.15) is 28.6 Å². The van der Waals surface area contributed by atoms with Crippen molar-refractivity contribution in [2.75, 3.05) is 29.0 Å². The lowest BCUT2D eigenvalue weighted by Crippen LogP contribution is -2.16. The van der Waals surface area contributed by atoms with Crippen molar-refractivity contribution >= 4 is 51.6 Å². The van der Waals surface area contributed by atoms with Gasteiger partial charge in [0.05, 0.1) is 27.5 Å². The third-order valence-corrected chi connectivity index (χ3v) is 4.80. The van der Waals surface area contributed by atoms with E-state index in [1.165, 1.54) is 6.07 Å². The zero-order valence-electron chi connectivity index (χ0n) is 15.3. The maximum atomic E-state index is 11.5. The van der Waals surface area contributed by atoms with E-state index in [-0.39, 0.29) is 34.4 Å². The van der Waals surface area contributed by atoms with Crippen LogP contribution in [-0.2, 0) is 19.5 Å². The minimum atomic E-state index is -4.51. The van der Waals surface area contributed by atoms with Gasteiger partial charge >= 0.3 is 0 Å². The molecule has 0 atom stereocenters. The minimum absolute atomic E-state index is 0.0218. The van der Waals surface area contributed by atoms with Crippen LogP contribution >= 0.6 is 12.0 Å². The van der Waals surface area contributed by atoms with Crippen molar-refractivity contribution in [3.63, 3.8) is 0 Å². The van der Waals surface area contributed by atoms with Crippen LogP contribution in [0.2, 0.25) is 0 Å². The minimum Gasteiger partial charge on any atom is -0.353 e. The van der Waals surface area contributed by atoms with Gasteiger partial charge < -0.3 is 16.4 Å². The number of nitrogens with one attached hydrogen (secondary N) is 4. The molecular formula is C12H15N11O6S2. The van der Waals surface area contributed by atoms with Gasteiger partial charge in [-0.05, 0) is 23.4 Å². The second-order valence-corrected chi connectivity index (χ2v) is 7.53. The van der Waals surface area contributed by atoms with Gasteiger partial charge in [-0.15, -0.1) is 9.43 Å². The summed E-state index contributed by atoms with van der Waals surface area (Å²) in [7, 11) is -4.51. The zero-order valence-corrected chi connectivity index (χ0v) is 16.9. The summed E-state index contributed by atoms with van der Waals surface area (Å²) < 4.78 is 36.7. The Balaban J connectivity index is 1.97. The first-order valence-electron chi connectivity index (χ1n) is 8.13. The summed E-state index contributed by atoms with van der Waals surface area (Å²) in [5.41, 5.74) is 5.58. The molecule has 0 aliphatic rings. The Labute approximate surface area is 178 Å². The van der Waals surface area contributed by atoms with Gasteiger partial charge in [0.2, 0.25) is 17.8 Å². The SMILES string of the molecule is NCCNc1nc(Nc2nn[nH]n2)nc(Nc2cc(S(=O)(=O)O)ccc2SOOO)n1. The molecule has 19 heteroatoms. The fourth-order valence-corrected chi connectivity index (χ4v) is 3.01. The van der Waals surface area contributed by atoms with Gasteiger partial charge in [-0.3, -0.25) is 9.87 Å². The number of H-pyrrole nitrogens is 1. The monoisotopic (exact) mass is 473 g/mol. The second kappa shape index (κ2) is 10.2. The van der Waals surface area contributed by atoms with Crippen molar-refractivity contribution in [3.8, 4) is 0 Å². The maximum Gasteiger partial charge on any atom is 0.294 e. The summed E-state index contributed by atoms with van der Waals surface area (Å²) >= 11 is 0.549. The molecule has 0 amide bonds. The van der Waals surface area contributed by atoms with Crippen LogP contribution in [0.5, 0.6) is 0 Å². The molecule has 0 saturated heterocycles. The van der Waals surface area contributed by atoms with E-state index in [0.29, 0.717) is 25.1 Å². The van der Waals surface area contributed by atoms with Gasteiger partial charge in [0.25, 0.3) is 16.1 Å². The summed E-state index contributed by atoms with van der Waals surface area (Å²) in [4.78, 5) is 12.3. The number of hydrogen-bond acceptors (Lipinski definition) is 16. The smallest absolute Gasteiger partial charge is 0.294 e. The molecule has 0 fully saturated rings. The van der Waals surface area contributed by atoms with Crippen LogP contribution < -0.4 is 21.7 Å². The predicted molar refractivity (Wildman–Crippen MR) is 105 cm³/mol. The number of benzene rings is 1. The Morgan fingerprint density at radius 2 is 1.87 bits per heavy atom. The molecule has 0 bridgehead atoms. The largest absolute Gasteiger partial charge is 0.353 e. The quantitative estimate of drug-likeness (QED) is 0.0831. The van der Waals surface area contributed by atoms with Crippen molar-refractivity contribution in [2.45, 2.75) is 9.79 Å². The molecule has 3 aromatic rings. The van der Waals surface area contributed by atoms with E-state index in [1.807, 2.05) is 0 Å². The Bertz CT molecular complexity index is 1110. The molecule has 0 aliphatic carbocycles. The topological polar surface area (TPSA) is 248 Å². The van der Waals surface area contributed by atoms with Gasteiger partial charge in [0.15, 0.2) is 0 Å². The van der Waals surface area contributed by atoms with E-state index in [0.717, 1.165) is 12.1 Å². The fourth-order valence-electron chi connectivity index (χ4n) is 2.08. The van der Waals surface area contributed by atoms with Crippen LogP contribution in [0.3, 0.4) is 0 Å². The molecule has 17 nitrogen and oxygen atoms in total. The molecule has 8 N–H and O–H groups in total. The summed E-state index contributed by atoms with van der Waals surface area (Å²) in [6, 6.07) is 3.51. The van der Waals surface area contributed by atoms with Crippen molar-refractivity contribution in [1.29, 1.82) is 0 Å². The first-order chi connectivity index (χ1) is 14.9. The normalized spacial score (nSPS) is 11.3. The zero-order chi connectivity index (χ0) is 22.3. The van der Waals surface area contributed by atoms with Crippen LogP contribution in [0.1, 0.15) is 0 Å². The standard InChI is InChI=1S/C12H15N11O6S2/c13-3-4-14-9-16-10(18-11(17-9)19-12-20-22-23-21-12)15-7-5-6(31(25,26)27)1-2-8(7)30-29-28-24/h1-2,5,24H,3-4,13H2,(H,25,26,27)(H4,14,15,16,17,18,19,20,21,22,23). The highest BCUT2D eigenvalue weighted by molar-refractivity contribution is 7.94. The highest BCUT2D eigenvalue weighted by Crippen LogP contribution is 2.32. The lowest BCUT2D eigenvalue weighted by Gasteiger charge is -2.12. The average Bonchev–Trinajstić information content (AvgIpc) is 3.23. The molecule has 31 heavy (non-hydrogen) atoms. The van der Waals surface area contributed by atoms with E-state index < -0.39 is 15.0 Å². The highest BCUT2D eigenvalue weighted by Gasteiger charge is 2.16. The number of nitrogens with two attached hydrogens (primary N) is 1. The van der Waals surface area contributed by atoms with E-state index in [9.17, 15) is 13.0 Å². The third-order valence-electron chi connectivity index (χ3n) is 3.28. The number of anilines is 5. The van der Waals surface area contributed by atoms with Crippen LogP contribution in [-0.4, -0.2) is 66.9 Å². The lowest BCUT2D eigenvalue weighted by atomic mass is 10.3. The predicted octanol–water partition coefficient (Wildman–Crippen LogP) is -0.0825. The van der Waals surface area contributed by atoms with E-state index in [4.69, 9.17) is 11.0 Å². The molecule has 166 valence electrons. The molecule has 0 spiro atoms. The van der Waals surface area contributed by atoms with Crippen molar-refractivity contribution < 1.29 is 27.6 Å². The number of tetrazole rings is 1. The molecule has 1 aromatic carbocycles. The van der Waals surface area contributed by atoms with E-state index in [1.54, 1.807) is 0 Å². The number of hydrogen-bond donors (Lipinski definition) is 7. The van der Waals surface area contributed by atoms with Gasteiger partial charge in [-0.1, -0.05) is 10.1 Å². The lowest BCUT2D eigenvalue weighted by molar-refractivity contribution is -0.432. The first-order valence-corrected chi connectivity index (χ1v) is 10.3. The van der Waals surface area contributed by atoms with E-state index >= 15 is 0 Å². The molecule has 3 rings (SSSR count). The van der Waals surface area contributed by atoms with Crippen LogP contribution in [0.25, 0.3) is 0 Å². The Morgan fingerprint density at radius 1 is 1.13 bits per heavy atom. The van der Waals surface area contributed by atoms with Crippen molar-refractivity contribution in [1.82, 2.24) is 35.6 Å². The Kier molecular flexibility index (Phi) is 7.41. The summed E-state index contributed by atoms with van der Waals surface area (Å²) in [5, 5.41) is 33.4. The maximum absolute atomic E-state index is 11.5. The van der Waals surface area contributed by atoms with Gasteiger partial charge in [-0.25, -0.2) is 5.26 Å². The summed E-state index contributed by atoms with van der Waals surface area (Å²) in [6.45, 7) is 0.657. The molecule has 2 heterocycles. The van der Waals surface area contributed by atoms with Crippen LogP contribution in [0, 0.1) is 0 Å². The van der Waals surface area contributed by atoms with E-state index in [2.05, 4.69) is 60.9 Å². The number of rotatable bonds is 11. The molecule has 0 radical (unpaired) electrons. The highest BCUT2D eigenvalue weighted by atomic mass is 32.2. The Morgan fingerprint density at radius 3 is 2.52 bits per heavy atom. The molecule has 0 unspecified atom stereocenters. The first kappa shape index (κ1) is 22.5.